The number of carbonyl (C=O) groups is 3. The molecule has 180 valence electrons. The second-order valence-electron chi connectivity index (χ2n) is 6.85. The molecule has 0 saturated heterocycles. The molecular formula is C22H21F3N4O5. The number of hydrogen-bond donors (Lipinski definition) is 3. The van der Waals surface area contributed by atoms with Crippen molar-refractivity contribution in [2.45, 2.75) is 12.7 Å². The monoisotopic (exact) mass is 478 g/mol. The van der Waals surface area contributed by atoms with Crippen molar-refractivity contribution in [3.05, 3.63) is 72.1 Å². The Balaban J connectivity index is 0.000000509. The van der Waals surface area contributed by atoms with Gasteiger partial charge in [-0.1, -0.05) is 24.3 Å². The lowest BCUT2D eigenvalue weighted by atomic mass is 10.1. The molecule has 0 aliphatic rings. The summed E-state index contributed by atoms with van der Waals surface area (Å²) in [5.41, 5.74) is 3.98. The number of nitrogens with zero attached hydrogens (tertiary/aromatic N) is 2. The van der Waals surface area contributed by atoms with E-state index in [1.54, 1.807) is 36.3 Å². The van der Waals surface area contributed by atoms with Crippen LogP contribution in [0.3, 0.4) is 0 Å². The first kappa shape index (κ1) is 25.9. The molecule has 2 aromatic carbocycles. The van der Waals surface area contributed by atoms with Crippen LogP contribution in [0, 0.1) is 0 Å². The Morgan fingerprint density at radius 1 is 1.12 bits per heavy atom. The number of anilines is 1. The van der Waals surface area contributed by atoms with E-state index in [9.17, 15) is 22.8 Å². The molecule has 0 aliphatic carbocycles. The van der Waals surface area contributed by atoms with Gasteiger partial charge in [-0.25, -0.2) is 14.4 Å². The highest BCUT2D eigenvalue weighted by Crippen LogP contribution is 2.20. The van der Waals surface area contributed by atoms with E-state index >= 15 is 0 Å². The van der Waals surface area contributed by atoms with Gasteiger partial charge in [-0.05, 0) is 35.4 Å². The van der Waals surface area contributed by atoms with Crippen molar-refractivity contribution >= 4 is 23.7 Å². The smallest absolute Gasteiger partial charge is 0.475 e. The second kappa shape index (κ2) is 11.5. The summed E-state index contributed by atoms with van der Waals surface area (Å²) in [5.74, 6) is -3.16. The Morgan fingerprint density at radius 3 is 2.29 bits per heavy atom. The van der Waals surface area contributed by atoms with E-state index in [0.717, 1.165) is 16.7 Å². The number of methoxy groups -OCH3 is 1. The van der Waals surface area contributed by atoms with E-state index in [1.165, 1.54) is 7.11 Å². The van der Waals surface area contributed by atoms with Crippen LogP contribution in [0.4, 0.5) is 23.7 Å². The van der Waals surface area contributed by atoms with Crippen LogP contribution in [0.5, 0.6) is 0 Å². The summed E-state index contributed by atoms with van der Waals surface area (Å²) in [6, 6.07) is 14.3. The molecule has 3 aromatic rings. The summed E-state index contributed by atoms with van der Waals surface area (Å²) in [6.07, 6.45) is -1.53. The molecule has 34 heavy (non-hydrogen) atoms. The standard InChI is InChI=1S/C20H20N4O3.C2HF3O2/c1-24(13-14-4-3-5-16(10-14)19(25)27-2)20(26)23-18-8-6-15(7-9-18)17-11-21-22-12-17;3-2(4,5)1(6)7/h3-12H,13H2,1-2H3,(H,21,22)(H,23,26);(H,6,7). The third-order valence-corrected chi connectivity index (χ3v) is 4.32. The van der Waals surface area contributed by atoms with Gasteiger partial charge in [0.2, 0.25) is 0 Å². The Kier molecular flexibility index (Phi) is 8.76. The van der Waals surface area contributed by atoms with E-state index in [0.29, 0.717) is 17.8 Å². The number of urea groups is 1. The molecule has 12 heteroatoms. The van der Waals surface area contributed by atoms with Crippen LogP contribution in [-0.2, 0) is 16.1 Å². The maximum absolute atomic E-state index is 12.4. The number of rotatable bonds is 5. The number of carboxylic acids is 1. The van der Waals surface area contributed by atoms with Gasteiger partial charge in [-0.3, -0.25) is 5.10 Å². The first-order valence-electron chi connectivity index (χ1n) is 9.60. The van der Waals surface area contributed by atoms with Gasteiger partial charge in [0, 0.05) is 31.0 Å². The minimum Gasteiger partial charge on any atom is -0.475 e. The number of amides is 2. The van der Waals surface area contributed by atoms with Gasteiger partial charge >= 0.3 is 24.1 Å². The summed E-state index contributed by atoms with van der Waals surface area (Å²) in [5, 5.41) is 16.7. The predicted molar refractivity (Wildman–Crippen MR) is 116 cm³/mol. The van der Waals surface area contributed by atoms with Crippen molar-refractivity contribution in [1.82, 2.24) is 15.1 Å². The summed E-state index contributed by atoms with van der Waals surface area (Å²) in [4.78, 5) is 34.5. The number of aromatic nitrogens is 2. The lowest BCUT2D eigenvalue weighted by molar-refractivity contribution is -0.192. The second-order valence-corrected chi connectivity index (χ2v) is 6.85. The average Bonchev–Trinajstić information content (AvgIpc) is 3.34. The lowest BCUT2D eigenvalue weighted by Gasteiger charge is -2.18. The van der Waals surface area contributed by atoms with Crippen LogP contribution in [0.25, 0.3) is 11.1 Å². The van der Waals surface area contributed by atoms with Gasteiger partial charge in [-0.15, -0.1) is 0 Å². The maximum Gasteiger partial charge on any atom is 0.490 e. The summed E-state index contributed by atoms with van der Waals surface area (Å²) in [7, 11) is 3.03. The largest absolute Gasteiger partial charge is 0.490 e. The number of alkyl halides is 3. The third-order valence-electron chi connectivity index (χ3n) is 4.32. The number of nitrogens with one attached hydrogen (secondary N) is 2. The zero-order valence-corrected chi connectivity index (χ0v) is 18.1. The van der Waals surface area contributed by atoms with E-state index in [1.807, 2.05) is 36.5 Å². The highest BCUT2D eigenvalue weighted by Gasteiger charge is 2.38. The summed E-state index contributed by atoms with van der Waals surface area (Å²) < 4.78 is 36.5. The zero-order chi connectivity index (χ0) is 25.3. The molecule has 3 N–H and O–H groups in total. The van der Waals surface area contributed by atoms with Crippen molar-refractivity contribution in [2.75, 3.05) is 19.5 Å². The molecule has 0 atom stereocenters. The molecule has 1 aromatic heterocycles. The topological polar surface area (TPSA) is 125 Å². The highest BCUT2D eigenvalue weighted by atomic mass is 19.4. The molecule has 0 saturated carbocycles. The van der Waals surface area contributed by atoms with Crippen LogP contribution in [0.2, 0.25) is 0 Å². The van der Waals surface area contributed by atoms with Crippen LogP contribution < -0.4 is 5.32 Å². The minimum atomic E-state index is -5.08. The van der Waals surface area contributed by atoms with Gasteiger partial charge in [0.15, 0.2) is 0 Å². The number of ether oxygens (including phenoxy) is 1. The fourth-order valence-electron chi connectivity index (χ4n) is 2.63. The average molecular weight is 478 g/mol. The highest BCUT2D eigenvalue weighted by molar-refractivity contribution is 5.90. The Morgan fingerprint density at radius 2 is 1.76 bits per heavy atom. The molecule has 0 unspecified atom stereocenters. The van der Waals surface area contributed by atoms with Crippen molar-refractivity contribution in [1.29, 1.82) is 0 Å². The lowest BCUT2D eigenvalue weighted by Crippen LogP contribution is -2.30. The number of aliphatic carboxylic acids is 1. The molecule has 1 heterocycles. The number of aromatic amines is 1. The maximum atomic E-state index is 12.4. The SMILES string of the molecule is COC(=O)c1cccc(CN(C)C(=O)Nc2ccc(-c3cn[nH]c3)cc2)c1.O=C(O)C(F)(F)F. The van der Waals surface area contributed by atoms with Crippen LogP contribution >= 0.6 is 0 Å². The fourth-order valence-corrected chi connectivity index (χ4v) is 2.63. The Labute approximate surface area is 192 Å². The first-order valence-corrected chi connectivity index (χ1v) is 9.60. The molecule has 0 spiro atoms. The number of carboxylic acid groups (broad SMARTS) is 1. The molecule has 0 radical (unpaired) electrons. The number of halogens is 3. The first-order chi connectivity index (χ1) is 16.0. The zero-order valence-electron chi connectivity index (χ0n) is 18.1. The number of H-pyrrole nitrogens is 1. The number of hydrogen-bond acceptors (Lipinski definition) is 5. The van der Waals surface area contributed by atoms with Crippen molar-refractivity contribution in [2.24, 2.45) is 0 Å². The molecule has 3 rings (SSSR count). The van der Waals surface area contributed by atoms with Gasteiger partial charge in [0.1, 0.15) is 0 Å². The molecule has 0 fully saturated rings. The van der Waals surface area contributed by atoms with Crippen molar-refractivity contribution in [3.63, 3.8) is 0 Å². The van der Waals surface area contributed by atoms with Gasteiger partial charge in [0.25, 0.3) is 0 Å². The molecule has 0 bridgehead atoms. The van der Waals surface area contributed by atoms with Crippen molar-refractivity contribution in [3.8, 4) is 11.1 Å². The van der Waals surface area contributed by atoms with E-state index in [2.05, 4.69) is 15.5 Å². The normalized spacial score (nSPS) is 10.5. The van der Waals surface area contributed by atoms with E-state index in [4.69, 9.17) is 14.6 Å². The molecule has 0 aliphatic heterocycles. The van der Waals surface area contributed by atoms with Crippen LogP contribution in [-0.4, -0.2) is 58.5 Å². The Bertz CT molecular complexity index is 1120. The predicted octanol–water partition coefficient (Wildman–Crippen LogP) is 4.16. The molecule has 2 amide bonds. The fraction of sp³-hybridized carbons (Fsp3) is 0.182. The minimum absolute atomic E-state index is 0.241. The van der Waals surface area contributed by atoms with Crippen LogP contribution in [0.1, 0.15) is 15.9 Å². The van der Waals surface area contributed by atoms with E-state index < -0.39 is 18.1 Å². The van der Waals surface area contributed by atoms with Gasteiger partial charge < -0.3 is 20.1 Å². The Hall–Kier alpha value is -4.35. The summed E-state index contributed by atoms with van der Waals surface area (Å²) >= 11 is 0. The van der Waals surface area contributed by atoms with Gasteiger partial charge in [0.05, 0.1) is 18.9 Å². The summed E-state index contributed by atoms with van der Waals surface area (Å²) in [6.45, 7) is 0.365. The number of esters is 1. The quantitative estimate of drug-likeness (QED) is 0.473. The van der Waals surface area contributed by atoms with Crippen LogP contribution in [0.15, 0.2) is 60.9 Å². The van der Waals surface area contributed by atoms with Crippen molar-refractivity contribution < 1.29 is 37.4 Å². The number of benzene rings is 2. The van der Waals surface area contributed by atoms with E-state index in [-0.39, 0.29) is 6.03 Å². The molecular weight excluding hydrogens is 457 g/mol. The van der Waals surface area contributed by atoms with Gasteiger partial charge in [-0.2, -0.15) is 18.3 Å². The third kappa shape index (κ3) is 7.65. The number of carbonyl (C=O) groups excluding carboxylic acids is 2. The molecule has 9 nitrogen and oxygen atoms in total.